The van der Waals surface area contributed by atoms with E-state index in [9.17, 15) is 5.21 Å². The van der Waals surface area contributed by atoms with Crippen molar-refractivity contribution in [2.75, 3.05) is 25.4 Å². The molecule has 0 amide bonds. The third kappa shape index (κ3) is 2.92. The maximum atomic E-state index is 12.4. The molecule has 0 aromatic heterocycles. The maximum Gasteiger partial charge on any atom is 0.151 e. The zero-order valence-corrected chi connectivity index (χ0v) is 13.2. The largest absolute Gasteiger partial charge is 0.633 e. The summed E-state index contributed by atoms with van der Waals surface area (Å²) in [6, 6.07) is 15.9. The van der Waals surface area contributed by atoms with Gasteiger partial charge in [0.1, 0.15) is 12.3 Å². The molecule has 4 nitrogen and oxygen atoms in total. The maximum absolute atomic E-state index is 12.4. The molecule has 3 saturated heterocycles. The molecule has 0 radical (unpaired) electrons. The van der Waals surface area contributed by atoms with E-state index in [1.165, 1.54) is 0 Å². The molecule has 0 spiro atoms. The summed E-state index contributed by atoms with van der Waals surface area (Å²) in [5.41, 5.74) is 8.82. The van der Waals surface area contributed by atoms with Crippen molar-refractivity contribution in [3.8, 4) is 16.9 Å². The minimum atomic E-state index is -0.0669. The number of benzene rings is 2. The average molecular weight is 310 g/mol. The standard InChI is InChI=1S/C19H22N2O2/c20-17-3-1-2-16(12-17)14-4-6-18(7-5-14)23-19-13-21(22)10-8-15(19)9-11-21/h1-7,12,15,19H,8-11,13,20H2. The van der Waals surface area contributed by atoms with Crippen LogP contribution in [0.2, 0.25) is 0 Å². The van der Waals surface area contributed by atoms with E-state index in [-0.39, 0.29) is 10.8 Å². The van der Waals surface area contributed by atoms with Crippen molar-refractivity contribution in [1.82, 2.24) is 0 Å². The van der Waals surface area contributed by atoms with Gasteiger partial charge in [-0.15, -0.1) is 0 Å². The van der Waals surface area contributed by atoms with Crippen molar-refractivity contribution in [3.05, 3.63) is 53.7 Å². The zero-order chi connectivity index (χ0) is 15.9. The fraction of sp³-hybridized carbons (Fsp3) is 0.368. The van der Waals surface area contributed by atoms with Crippen molar-refractivity contribution in [3.63, 3.8) is 0 Å². The van der Waals surface area contributed by atoms with Crippen LogP contribution in [-0.4, -0.2) is 30.4 Å². The first kappa shape index (κ1) is 14.5. The highest BCUT2D eigenvalue weighted by Gasteiger charge is 2.42. The van der Waals surface area contributed by atoms with Gasteiger partial charge in [-0.25, -0.2) is 0 Å². The number of rotatable bonds is 3. The molecule has 1 atom stereocenters. The molecule has 1 unspecified atom stereocenters. The van der Waals surface area contributed by atoms with E-state index in [0.29, 0.717) is 12.5 Å². The molecule has 3 heterocycles. The Morgan fingerprint density at radius 1 is 1.00 bits per heavy atom. The van der Waals surface area contributed by atoms with Crippen molar-refractivity contribution in [2.24, 2.45) is 5.92 Å². The fourth-order valence-electron chi connectivity index (χ4n) is 3.84. The van der Waals surface area contributed by atoms with Gasteiger partial charge in [-0.1, -0.05) is 24.3 Å². The lowest BCUT2D eigenvalue weighted by atomic mass is 9.85. The van der Waals surface area contributed by atoms with Gasteiger partial charge in [0.25, 0.3) is 0 Å². The lowest BCUT2D eigenvalue weighted by molar-refractivity contribution is -0.900. The number of hydrogen-bond donors (Lipinski definition) is 1. The Morgan fingerprint density at radius 3 is 2.39 bits per heavy atom. The van der Waals surface area contributed by atoms with E-state index in [1.54, 1.807) is 0 Å². The first-order valence-electron chi connectivity index (χ1n) is 8.31. The fourth-order valence-corrected chi connectivity index (χ4v) is 3.84. The van der Waals surface area contributed by atoms with Crippen LogP contribution < -0.4 is 10.5 Å². The molecule has 23 heavy (non-hydrogen) atoms. The molecule has 3 fully saturated rings. The van der Waals surface area contributed by atoms with Crippen LogP contribution in [0.15, 0.2) is 48.5 Å². The number of nitrogen functional groups attached to an aromatic ring is 1. The SMILES string of the molecule is Nc1cccc(-c2ccc(OC3C[N+]4([O-])CCC3CC4)cc2)c1. The quantitative estimate of drug-likeness (QED) is 0.537. The van der Waals surface area contributed by atoms with Gasteiger partial charge in [0.2, 0.25) is 0 Å². The summed E-state index contributed by atoms with van der Waals surface area (Å²) in [4.78, 5) is 0. The second kappa shape index (κ2) is 5.55. The first-order chi connectivity index (χ1) is 11.1. The Kier molecular flexibility index (Phi) is 3.51. The van der Waals surface area contributed by atoms with Crippen molar-refractivity contribution < 1.29 is 9.38 Å². The van der Waals surface area contributed by atoms with Crippen LogP contribution in [0.3, 0.4) is 0 Å². The molecule has 0 aliphatic carbocycles. The van der Waals surface area contributed by atoms with E-state index < -0.39 is 0 Å². The van der Waals surface area contributed by atoms with Crippen molar-refractivity contribution in [1.29, 1.82) is 0 Å². The number of piperidine rings is 3. The van der Waals surface area contributed by atoms with Crippen molar-refractivity contribution >= 4 is 5.69 Å². The molecule has 4 heteroatoms. The number of ether oxygens (including phenoxy) is 1. The highest BCUT2D eigenvalue weighted by atomic mass is 16.6. The van der Waals surface area contributed by atoms with E-state index in [2.05, 4.69) is 0 Å². The first-order valence-corrected chi connectivity index (χ1v) is 8.31. The van der Waals surface area contributed by atoms with E-state index >= 15 is 0 Å². The van der Waals surface area contributed by atoms with Gasteiger partial charge in [-0.3, -0.25) is 0 Å². The number of fused-ring (bicyclic) bond motifs is 3. The molecular formula is C19H22N2O2. The molecule has 2 aromatic rings. The van der Waals surface area contributed by atoms with Gasteiger partial charge in [-0.2, -0.15) is 0 Å². The molecule has 5 rings (SSSR count). The van der Waals surface area contributed by atoms with Crippen LogP contribution in [-0.2, 0) is 0 Å². The van der Waals surface area contributed by atoms with Crippen LogP contribution in [0.1, 0.15) is 12.8 Å². The lowest BCUT2D eigenvalue weighted by Gasteiger charge is -2.55. The molecule has 120 valence electrons. The van der Waals surface area contributed by atoms with Gasteiger partial charge in [-0.05, 0) is 35.4 Å². The Bertz CT molecular complexity index is 691. The normalized spacial score (nSPS) is 29.4. The number of nitrogens with zero attached hydrogens (tertiary/aromatic N) is 1. The minimum Gasteiger partial charge on any atom is -0.633 e. The highest BCUT2D eigenvalue weighted by Crippen LogP contribution is 2.35. The minimum absolute atomic E-state index is 0.0632. The van der Waals surface area contributed by atoms with E-state index in [1.807, 2.05) is 48.5 Å². The zero-order valence-electron chi connectivity index (χ0n) is 13.2. The number of hydroxylamine groups is 3. The number of anilines is 1. The summed E-state index contributed by atoms with van der Waals surface area (Å²) in [6.45, 7) is 2.12. The predicted octanol–water partition coefficient (Wildman–Crippen LogP) is 3.42. The summed E-state index contributed by atoms with van der Waals surface area (Å²) in [7, 11) is 0. The van der Waals surface area contributed by atoms with Gasteiger partial charge in [0, 0.05) is 24.4 Å². The summed E-state index contributed by atoms with van der Waals surface area (Å²) in [6.07, 6.45) is 2.05. The molecule has 2 N–H and O–H groups in total. The van der Waals surface area contributed by atoms with Crippen LogP contribution in [0.5, 0.6) is 5.75 Å². The second-order valence-electron chi connectivity index (χ2n) is 6.83. The molecule has 3 aliphatic heterocycles. The number of hydrogen-bond acceptors (Lipinski definition) is 3. The van der Waals surface area contributed by atoms with Gasteiger partial charge < -0.3 is 20.3 Å². The third-order valence-electron chi connectivity index (χ3n) is 5.22. The Hall–Kier alpha value is -2.04. The molecule has 3 aliphatic rings. The van der Waals surface area contributed by atoms with Crippen LogP contribution in [0, 0.1) is 11.1 Å². The molecule has 2 aromatic carbocycles. The lowest BCUT2D eigenvalue weighted by Crippen LogP contribution is -2.61. The van der Waals surface area contributed by atoms with Crippen molar-refractivity contribution in [2.45, 2.75) is 18.9 Å². The monoisotopic (exact) mass is 310 g/mol. The summed E-state index contributed by atoms with van der Waals surface area (Å²) in [5.74, 6) is 1.39. The second-order valence-corrected chi connectivity index (χ2v) is 6.83. The Balaban J connectivity index is 1.49. The Labute approximate surface area is 136 Å². The molecule has 2 bridgehead atoms. The van der Waals surface area contributed by atoms with Gasteiger partial charge in [0.15, 0.2) is 6.10 Å². The van der Waals surface area contributed by atoms with Crippen LogP contribution >= 0.6 is 0 Å². The third-order valence-corrected chi connectivity index (χ3v) is 5.22. The van der Waals surface area contributed by atoms with Crippen LogP contribution in [0.25, 0.3) is 11.1 Å². The molecule has 0 saturated carbocycles. The van der Waals surface area contributed by atoms with E-state index in [4.69, 9.17) is 10.5 Å². The Morgan fingerprint density at radius 2 is 1.74 bits per heavy atom. The number of nitrogens with two attached hydrogens (primary N) is 1. The van der Waals surface area contributed by atoms with Crippen LogP contribution in [0.4, 0.5) is 5.69 Å². The van der Waals surface area contributed by atoms with E-state index in [0.717, 1.165) is 48.5 Å². The summed E-state index contributed by atoms with van der Waals surface area (Å²) in [5, 5.41) is 12.4. The highest BCUT2D eigenvalue weighted by molar-refractivity contribution is 5.67. The van der Waals surface area contributed by atoms with Gasteiger partial charge in [0.05, 0.1) is 13.1 Å². The summed E-state index contributed by atoms with van der Waals surface area (Å²) < 4.78 is 6.06. The van der Waals surface area contributed by atoms with Gasteiger partial charge >= 0.3 is 0 Å². The smallest absolute Gasteiger partial charge is 0.151 e. The topological polar surface area (TPSA) is 58.3 Å². The average Bonchev–Trinajstić information content (AvgIpc) is 2.56. The molecular weight excluding hydrogens is 288 g/mol. The number of quaternary nitrogens is 1. The summed E-state index contributed by atoms with van der Waals surface area (Å²) >= 11 is 0. The predicted molar refractivity (Wildman–Crippen MR) is 91.7 cm³/mol.